The predicted octanol–water partition coefficient (Wildman–Crippen LogP) is -0.157. The van der Waals surface area contributed by atoms with Gasteiger partial charge in [-0.3, -0.25) is 10.1 Å². The maximum Gasteiger partial charge on any atom is 0.237 e. The zero-order valence-electron chi connectivity index (χ0n) is 8.06. The molecule has 0 aromatic carbocycles. The molecule has 1 heterocycles. The quantitative estimate of drug-likeness (QED) is 0.287. The molecule has 1 amide bonds. The standard InChI is InChI=1S/C7H11N5O2S/c1-4-2-6(14-12-4)10-5(13)3-15-7(8)11-9/h2H,3,9H2,1H3,(H2,8,11)(H,10,13). The fourth-order valence-corrected chi connectivity index (χ4v) is 1.20. The van der Waals surface area contributed by atoms with Gasteiger partial charge in [-0.25, -0.2) is 0 Å². The van der Waals surface area contributed by atoms with Gasteiger partial charge < -0.3 is 16.1 Å². The summed E-state index contributed by atoms with van der Waals surface area (Å²) in [5.41, 5.74) is 5.99. The van der Waals surface area contributed by atoms with E-state index in [0.717, 1.165) is 11.8 Å². The van der Waals surface area contributed by atoms with Crippen LogP contribution in [0.3, 0.4) is 0 Å². The monoisotopic (exact) mass is 229 g/mol. The van der Waals surface area contributed by atoms with Gasteiger partial charge in [-0.15, -0.1) is 0 Å². The molecule has 0 saturated heterocycles. The van der Waals surface area contributed by atoms with Crippen molar-refractivity contribution in [1.82, 2.24) is 5.16 Å². The molecule has 0 fully saturated rings. The predicted molar refractivity (Wildman–Crippen MR) is 58.1 cm³/mol. The van der Waals surface area contributed by atoms with Crippen LogP contribution in [-0.2, 0) is 4.79 Å². The van der Waals surface area contributed by atoms with E-state index < -0.39 is 0 Å². The van der Waals surface area contributed by atoms with Crippen molar-refractivity contribution in [3.8, 4) is 0 Å². The Morgan fingerprint density at radius 2 is 2.53 bits per heavy atom. The summed E-state index contributed by atoms with van der Waals surface area (Å²) in [6.07, 6.45) is 0. The number of aromatic nitrogens is 1. The Balaban J connectivity index is 2.37. The highest BCUT2D eigenvalue weighted by Gasteiger charge is 2.07. The lowest BCUT2D eigenvalue weighted by Gasteiger charge is -1.99. The van der Waals surface area contributed by atoms with Gasteiger partial charge >= 0.3 is 0 Å². The zero-order valence-corrected chi connectivity index (χ0v) is 8.87. The average Bonchev–Trinajstić information content (AvgIpc) is 2.60. The largest absolute Gasteiger partial charge is 0.377 e. The van der Waals surface area contributed by atoms with Gasteiger partial charge in [0.05, 0.1) is 11.4 Å². The van der Waals surface area contributed by atoms with Gasteiger partial charge in [0.1, 0.15) is 0 Å². The van der Waals surface area contributed by atoms with E-state index in [1.807, 2.05) is 0 Å². The number of hydrogen-bond acceptors (Lipinski definition) is 6. The number of nitrogens with one attached hydrogen (secondary N) is 1. The third kappa shape index (κ3) is 3.90. The van der Waals surface area contributed by atoms with Crippen LogP contribution in [0.15, 0.2) is 15.7 Å². The molecule has 0 spiro atoms. The first-order valence-electron chi connectivity index (χ1n) is 4.01. The van der Waals surface area contributed by atoms with Crippen LogP contribution < -0.4 is 16.9 Å². The number of thioether (sulfide) groups is 1. The van der Waals surface area contributed by atoms with Crippen LogP contribution in [0.4, 0.5) is 5.88 Å². The molecule has 0 atom stereocenters. The number of anilines is 1. The van der Waals surface area contributed by atoms with Crippen molar-refractivity contribution in [1.29, 1.82) is 0 Å². The van der Waals surface area contributed by atoms with Crippen LogP contribution in [0.5, 0.6) is 0 Å². The van der Waals surface area contributed by atoms with Crippen LogP contribution in [-0.4, -0.2) is 22.0 Å². The Bertz CT molecular complexity index is 375. The minimum absolute atomic E-state index is 0.117. The average molecular weight is 229 g/mol. The van der Waals surface area contributed by atoms with E-state index in [2.05, 4.69) is 15.6 Å². The topological polar surface area (TPSA) is 120 Å². The molecule has 5 N–H and O–H groups in total. The minimum Gasteiger partial charge on any atom is -0.377 e. The van der Waals surface area contributed by atoms with Gasteiger partial charge in [0.15, 0.2) is 5.17 Å². The van der Waals surface area contributed by atoms with Crippen molar-refractivity contribution in [3.63, 3.8) is 0 Å². The summed E-state index contributed by atoms with van der Waals surface area (Å²) in [7, 11) is 0. The van der Waals surface area contributed by atoms with Crippen LogP contribution in [0.2, 0.25) is 0 Å². The number of hydrogen-bond donors (Lipinski definition) is 3. The van der Waals surface area contributed by atoms with E-state index in [4.69, 9.17) is 16.1 Å². The summed E-state index contributed by atoms with van der Waals surface area (Å²) in [6.45, 7) is 1.76. The van der Waals surface area contributed by atoms with E-state index in [0.29, 0.717) is 11.6 Å². The van der Waals surface area contributed by atoms with Crippen molar-refractivity contribution in [3.05, 3.63) is 11.8 Å². The summed E-state index contributed by atoms with van der Waals surface area (Å²) in [4.78, 5) is 11.3. The molecule has 0 aliphatic rings. The van der Waals surface area contributed by atoms with Crippen molar-refractivity contribution >= 4 is 28.7 Å². The lowest BCUT2D eigenvalue weighted by Crippen LogP contribution is -2.18. The fraction of sp³-hybridized carbons (Fsp3) is 0.286. The number of rotatable bonds is 3. The number of carbonyl (C=O) groups is 1. The highest BCUT2D eigenvalue weighted by molar-refractivity contribution is 8.14. The van der Waals surface area contributed by atoms with Crippen LogP contribution in [0.25, 0.3) is 0 Å². The summed E-state index contributed by atoms with van der Waals surface area (Å²) in [5.74, 6) is 5.06. The molecular weight excluding hydrogens is 218 g/mol. The molecule has 0 saturated carbocycles. The molecule has 7 nitrogen and oxygen atoms in total. The highest BCUT2D eigenvalue weighted by atomic mass is 32.2. The van der Waals surface area contributed by atoms with E-state index in [-0.39, 0.29) is 16.8 Å². The molecule has 1 aromatic heterocycles. The Hall–Kier alpha value is -1.70. The molecule has 1 aromatic rings. The second-order valence-electron chi connectivity index (χ2n) is 2.64. The maximum absolute atomic E-state index is 11.3. The van der Waals surface area contributed by atoms with Crippen LogP contribution >= 0.6 is 11.8 Å². The van der Waals surface area contributed by atoms with E-state index in [1.165, 1.54) is 0 Å². The third-order valence-corrected chi connectivity index (χ3v) is 2.18. The van der Waals surface area contributed by atoms with Crippen LogP contribution in [0.1, 0.15) is 5.69 Å². The molecular formula is C7H11N5O2S. The Morgan fingerprint density at radius 3 is 3.07 bits per heavy atom. The number of carbonyl (C=O) groups excluding carboxylic acids is 1. The van der Waals surface area contributed by atoms with Crippen molar-refractivity contribution in [2.45, 2.75) is 6.92 Å². The first kappa shape index (κ1) is 11.4. The van der Waals surface area contributed by atoms with Gasteiger partial charge in [-0.05, 0) is 6.92 Å². The first-order valence-corrected chi connectivity index (χ1v) is 4.99. The summed E-state index contributed by atoms with van der Waals surface area (Å²) >= 11 is 1.04. The number of hydrazone groups is 1. The third-order valence-electron chi connectivity index (χ3n) is 1.37. The summed E-state index contributed by atoms with van der Waals surface area (Å²) in [5, 5.41) is 9.48. The molecule has 0 bridgehead atoms. The normalized spacial score (nSPS) is 11.4. The van der Waals surface area contributed by atoms with Crippen LogP contribution in [0, 0.1) is 6.92 Å². The fourth-order valence-electron chi connectivity index (χ4n) is 0.773. The highest BCUT2D eigenvalue weighted by Crippen LogP contribution is 2.09. The number of amides is 1. The molecule has 0 unspecified atom stereocenters. The van der Waals surface area contributed by atoms with Crippen molar-refractivity contribution in [2.75, 3.05) is 11.1 Å². The Morgan fingerprint density at radius 1 is 1.80 bits per heavy atom. The minimum atomic E-state index is -0.261. The number of nitrogens with zero attached hydrogens (tertiary/aromatic N) is 2. The zero-order chi connectivity index (χ0) is 11.3. The SMILES string of the molecule is Cc1cc(NC(=O)CSC(N)=NN)on1. The second-order valence-corrected chi connectivity index (χ2v) is 3.63. The van der Waals surface area contributed by atoms with E-state index in [1.54, 1.807) is 13.0 Å². The molecule has 0 radical (unpaired) electrons. The van der Waals surface area contributed by atoms with Gasteiger partial charge in [0.25, 0.3) is 0 Å². The molecule has 0 aliphatic carbocycles. The first-order chi connectivity index (χ1) is 7.11. The van der Waals surface area contributed by atoms with Crippen molar-refractivity contribution in [2.24, 2.45) is 16.7 Å². The Labute approximate surface area is 90.2 Å². The smallest absolute Gasteiger partial charge is 0.237 e. The maximum atomic E-state index is 11.3. The lowest BCUT2D eigenvalue weighted by molar-refractivity contribution is -0.113. The van der Waals surface area contributed by atoms with Gasteiger partial charge in [-0.2, -0.15) is 5.10 Å². The number of aryl methyl sites for hydroxylation is 1. The molecule has 15 heavy (non-hydrogen) atoms. The molecule has 0 aliphatic heterocycles. The Kier molecular flexibility index (Phi) is 3.98. The van der Waals surface area contributed by atoms with Gasteiger partial charge in [0, 0.05) is 6.07 Å². The number of amidine groups is 1. The molecule has 8 heteroatoms. The summed E-state index contributed by atoms with van der Waals surface area (Å²) < 4.78 is 4.79. The number of nitrogens with two attached hydrogens (primary N) is 2. The van der Waals surface area contributed by atoms with E-state index >= 15 is 0 Å². The van der Waals surface area contributed by atoms with E-state index in [9.17, 15) is 4.79 Å². The molecule has 82 valence electrons. The lowest BCUT2D eigenvalue weighted by atomic mass is 10.5. The van der Waals surface area contributed by atoms with Gasteiger partial charge in [0.2, 0.25) is 11.8 Å². The van der Waals surface area contributed by atoms with Crippen molar-refractivity contribution < 1.29 is 9.32 Å². The summed E-state index contributed by atoms with van der Waals surface area (Å²) in [6, 6.07) is 1.61. The molecule has 1 rings (SSSR count). The second kappa shape index (κ2) is 5.25. The van der Waals surface area contributed by atoms with Gasteiger partial charge in [-0.1, -0.05) is 16.9 Å².